The second-order valence-corrected chi connectivity index (χ2v) is 5.60. The summed E-state index contributed by atoms with van der Waals surface area (Å²) in [5, 5.41) is 2.61. The Balaban J connectivity index is 0.00000191. The lowest BCUT2D eigenvalue weighted by atomic mass is 9.88. The Morgan fingerprint density at radius 2 is 1.57 bits per heavy atom. The zero-order valence-corrected chi connectivity index (χ0v) is 13.4. The van der Waals surface area contributed by atoms with Gasteiger partial charge in [-0.05, 0) is 24.5 Å². The third kappa shape index (κ3) is 5.78. The van der Waals surface area contributed by atoms with Crippen molar-refractivity contribution in [2.24, 2.45) is 5.41 Å². The lowest BCUT2D eigenvalue weighted by Crippen LogP contribution is -2.42. The van der Waals surface area contributed by atoms with Crippen molar-refractivity contribution in [3.05, 3.63) is 35.4 Å². The van der Waals surface area contributed by atoms with Crippen molar-refractivity contribution in [1.29, 1.82) is 0 Å². The molecule has 0 aliphatic rings. The maximum absolute atomic E-state index is 12.8. The Bertz CT molecular complexity index is 461. The molecule has 1 rings (SSSR count). The van der Waals surface area contributed by atoms with Gasteiger partial charge in [0.1, 0.15) is 0 Å². The molecule has 0 radical (unpaired) electrons. The summed E-state index contributed by atoms with van der Waals surface area (Å²) in [5.41, 5.74) is -1.47. The van der Waals surface area contributed by atoms with E-state index in [0.29, 0.717) is 0 Å². The van der Waals surface area contributed by atoms with Gasteiger partial charge < -0.3 is 5.32 Å². The molecule has 1 aromatic carbocycles. The second-order valence-electron chi connectivity index (χ2n) is 5.60. The van der Waals surface area contributed by atoms with Crippen LogP contribution in [0.4, 0.5) is 13.2 Å². The van der Waals surface area contributed by atoms with E-state index in [9.17, 15) is 18.0 Å². The smallest absolute Gasteiger partial charge is 0.349 e. The van der Waals surface area contributed by atoms with E-state index in [1.807, 2.05) is 34.6 Å². The van der Waals surface area contributed by atoms with Gasteiger partial charge in [0.2, 0.25) is 0 Å². The average Bonchev–Trinajstić information content (AvgIpc) is 2.39. The Hall–Kier alpha value is -1.52. The molecule has 1 atom stereocenters. The Labute approximate surface area is 124 Å². The molecule has 0 aliphatic heterocycles. The number of alkyl halides is 3. The molecule has 0 heterocycles. The third-order valence-electron chi connectivity index (χ3n) is 3.12. The van der Waals surface area contributed by atoms with Gasteiger partial charge in [-0.25, -0.2) is 0 Å². The van der Waals surface area contributed by atoms with Crippen LogP contribution in [0, 0.1) is 5.41 Å². The molecule has 0 spiro atoms. The quantitative estimate of drug-likeness (QED) is 0.827. The zero-order valence-electron chi connectivity index (χ0n) is 13.4. The van der Waals surface area contributed by atoms with Crippen LogP contribution in [0.5, 0.6) is 0 Å². The van der Waals surface area contributed by atoms with E-state index in [0.717, 1.165) is 6.07 Å². The van der Waals surface area contributed by atoms with Gasteiger partial charge >= 0.3 is 6.18 Å². The van der Waals surface area contributed by atoms with Crippen molar-refractivity contribution < 1.29 is 18.0 Å². The molecule has 1 amide bonds. The molecule has 1 unspecified atom stereocenters. The predicted octanol–water partition coefficient (Wildman–Crippen LogP) is 4.90. The standard InChI is InChI=1S/C14H18F3NO.C2H6/c1-9(13(2,3)4)18-12(19)10-7-5-6-8-11(10)14(15,16)17;1-2/h5-9H,1-4H3,(H,18,19);1-2H3. The van der Waals surface area contributed by atoms with E-state index in [-0.39, 0.29) is 17.0 Å². The van der Waals surface area contributed by atoms with E-state index in [2.05, 4.69) is 5.32 Å². The van der Waals surface area contributed by atoms with Crippen molar-refractivity contribution in [3.63, 3.8) is 0 Å². The fraction of sp³-hybridized carbons (Fsp3) is 0.562. The molecule has 2 nitrogen and oxygen atoms in total. The van der Waals surface area contributed by atoms with Crippen molar-refractivity contribution in [2.75, 3.05) is 0 Å². The Morgan fingerprint density at radius 3 is 2.00 bits per heavy atom. The number of halogens is 3. The van der Waals surface area contributed by atoms with Gasteiger partial charge in [0, 0.05) is 6.04 Å². The van der Waals surface area contributed by atoms with E-state index < -0.39 is 17.6 Å². The number of amides is 1. The van der Waals surface area contributed by atoms with Gasteiger partial charge in [-0.15, -0.1) is 0 Å². The number of carbonyl (C=O) groups excluding carboxylic acids is 1. The van der Waals surface area contributed by atoms with Crippen LogP contribution in [0.2, 0.25) is 0 Å². The molecule has 0 fully saturated rings. The van der Waals surface area contributed by atoms with E-state index in [1.54, 1.807) is 6.92 Å². The second kappa shape index (κ2) is 7.48. The van der Waals surface area contributed by atoms with Crippen molar-refractivity contribution in [1.82, 2.24) is 5.32 Å². The summed E-state index contributed by atoms with van der Waals surface area (Å²) < 4.78 is 38.4. The fourth-order valence-corrected chi connectivity index (χ4v) is 1.42. The monoisotopic (exact) mass is 303 g/mol. The Kier molecular flexibility index (Phi) is 6.94. The van der Waals surface area contributed by atoms with Crippen LogP contribution in [-0.4, -0.2) is 11.9 Å². The minimum absolute atomic E-state index is 0.219. The third-order valence-corrected chi connectivity index (χ3v) is 3.12. The van der Waals surface area contributed by atoms with Gasteiger partial charge in [0.05, 0.1) is 11.1 Å². The largest absolute Gasteiger partial charge is 0.417 e. The van der Waals surface area contributed by atoms with Crippen molar-refractivity contribution >= 4 is 5.91 Å². The molecule has 1 aromatic rings. The molecule has 120 valence electrons. The van der Waals surface area contributed by atoms with E-state index in [4.69, 9.17) is 0 Å². The van der Waals surface area contributed by atoms with Crippen molar-refractivity contribution in [2.45, 2.75) is 53.8 Å². The molecular weight excluding hydrogens is 279 g/mol. The highest BCUT2D eigenvalue weighted by Crippen LogP contribution is 2.32. The van der Waals surface area contributed by atoms with Crippen molar-refractivity contribution in [3.8, 4) is 0 Å². The summed E-state index contributed by atoms with van der Waals surface area (Å²) in [7, 11) is 0. The van der Waals surface area contributed by atoms with Gasteiger partial charge in [0.15, 0.2) is 0 Å². The summed E-state index contributed by atoms with van der Waals surface area (Å²) >= 11 is 0. The molecule has 0 bridgehead atoms. The highest BCUT2D eigenvalue weighted by Gasteiger charge is 2.35. The maximum atomic E-state index is 12.8. The zero-order chi connectivity index (χ0) is 16.8. The Morgan fingerprint density at radius 1 is 1.10 bits per heavy atom. The number of benzene rings is 1. The summed E-state index contributed by atoms with van der Waals surface area (Å²) in [6.07, 6.45) is -4.53. The van der Waals surface area contributed by atoms with Gasteiger partial charge in [-0.2, -0.15) is 13.2 Å². The molecule has 21 heavy (non-hydrogen) atoms. The first kappa shape index (κ1) is 19.5. The molecule has 0 aromatic heterocycles. The predicted molar refractivity (Wildman–Crippen MR) is 79.2 cm³/mol. The summed E-state index contributed by atoms with van der Waals surface area (Å²) in [4.78, 5) is 12.0. The molecule has 0 aliphatic carbocycles. The minimum Gasteiger partial charge on any atom is -0.349 e. The molecular formula is C16H24F3NO. The maximum Gasteiger partial charge on any atom is 0.417 e. The first-order valence-electron chi connectivity index (χ1n) is 7.00. The SMILES string of the molecule is CC.CC(NC(=O)c1ccccc1C(F)(F)F)C(C)(C)C. The molecule has 1 N–H and O–H groups in total. The normalized spacial score (nSPS) is 13.0. The van der Waals surface area contributed by atoms with Gasteiger partial charge in [-0.1, -0.05) is 46.8 Å². The van der Waals surface area contributed by atoms with Crippen LogP contribution >= 0.6 is 0 Å². The summed E-state index contributed by atoms with van der Waals surface area (Å²) in [6, 6.07) is 4.56. The van der Waals surface area contributed by atoms with E-state index in [1.165, 1.54) is 18.2 Å². The van der Waals surface area contributed by atoms with Crippen LogP contribution in [-0.2, 0) is 6.18 Å². The minimum atomic E-state index is -4.53. The van der Waals surface area contributed by atoms with Crippen LogP contribution < -0.4 is 5.32 Å². The summed E-state index contributed by atoms with van der Waals surface area (Å²) in [5.74, 6) is -0.699. The lowest BCUT2D eigenvalue weighted by molar-refractivity contribution is -0.137. The number of hydrogen-bond acceptors (Lipinski definition) is 1. The molecule has 5 heteroatoms. The number of nitrogens with one attached hydrogen (secondary N) is 1. The van der Waals surface area contributed by atoms with Gasteiger partial charge in [0.25, 0.3) is 5.91 Å². The molecule has 0 saturated carbocycles. The lowest BCUT2D eigenvalue weighted by Gasteiger charge is -2.28. The van der Waals surface area contributed by atoms with E-state index >= 15 is 0 Å². The number of carbonyl (C=O) groups is 1. The first-order chi connectivity index (χ1) is 9.53. The summed E-state index contributed by atoms with van der Waals surface area (Å²) in [6.45, 7) is 11.5. The van der Waals surface area contributed by atoms with Gasteiger partial charge in [-0.3, -0.25) is 4.79 Å². The van der Waals surface area contributed by atoms with Crippen LogP contribution in [0.15, 0.2) is 24.3 Å². The average molecular weight is 303 g/mol. The van der Waals surface area contributed by atoms with Crippen LogP contribution in [0.25, 0.3) is 0 Å². The fourth-order valence-electron chi connectivity index (χ4n) is 1.42. The number of rotatable bonds is 2. The first-order valence-corrected chi connectivity index (χ1v) is 7.00. The van der Waals surface area contributed by atoms with Crippen LogP contribution in [0.1, 0.15) is 57.5 Å². The molecule has 0 saturated heterocycles. The number of hydrogen-bond donors (Lipinski definition) is 1. The van der Waals surface area contributed by atoms with Crippen LogP contribution in [0.3, 0.4) is 0 Å². The highest BCUT2D eigenvalue weighted by molar-refractivity contribution is 5.96. The topological polar surface area (TPSA) is 29.1 Å². The highest BCUT2D eigenvalue weighted by atomic mass is 19.4.